The molecular weight excluding hydrogens is 447 g/mol. The summed E-state index contributed by atoms with van der Waals surface area (Å²) >= 11 is 3.36. The first-order valence-corrected chi connectivity index (χ1v) is 10.2. The molecule has 0 atom stereocenters. The summed E-state index contributed by atoms with van der Waals surface area (Å²) in [6.07, 6.45) is 1.55. The normalized spacial score (nSPS) is 11.1. The largest absolute Gasteiger partial charge is 0.340 e. The highest BCUT2D eigenvalue weighted by Gasteiger charge is 2.20. The van der Waals surface area contributed by atoms with E-state index < -0.39 is 11.2 Å². The van der Waals surface area contributed by atoms with Crippen LogP contribution in [0.25, 0.3) is 10.9 Å². The van der Waals surface area contributed by atoms with Crippen molar-refractivity contribution in [2.24, 2.45) is 0 Å². The third-order valence-corrected chi connectivity index (χ3v) is 5.68. The number of fused-ring (bicyclic) bond motifs is 1. The van der Waals surface area contributed by atoms with Crippen molar-refractivity contribution in [1.82, 2.24) is 9.55 Å². The summed E-state index contributed by atoms with van der Waals surface area (Å²) in [6, 6.07) is 15.0. The Labute approximate surface area is 181 Å². The van der Waals surface area contributed by atoms with Crippen LogP contribution < -0.4 is 5.43 Å². The van der Waals surface area contributed by atoms with E-state index >= 15 is 0 Å². The van der Waals surface area contributed by atoms with Gasteiger partial charge in [-0.1, -0.05) is 24.3 Å². The lowest BCUT2D eigenvalue weighted by atomic mass is 9.96. The summed E-state index contributed by atoms with van der Waals surface area (Å²) in [5.41, 5.74) is 3.07. The molecule has 0 unspecified atom stereocenters. The van der Waals surface area contributed by atoms with Crippen molar-refractivity contribution in [2.45, 2.75) is 20.4 Å². The molecule has 4 nitrogen and oxygen atoms in total. The van der Waals surface area contributed by atoms with E-state index in [-0.39, 0.29) is 16.7 Å². The number of halogens is 2. The molecule has 2 aromatic heterocycles. The topological polar surface area (TPSA) is 52.0 Å². The second-order valence-corrected chi connectivity index (χ2v) is 8.00. The van der Waals surface area contributed by atoms with Gasteiger partial charge in [-0.05, 0) is 71.2 Å². The smallest absolute Gasteiger partial charge is 0.200 e. The number of ketones is 1. The van der Waals surface area contributed by atoms with E-state index in [2.05, 4.69) is 20.9 Å². The molecule has 0 aliphatic heterocycles. The number of carbonyl (C=O) groups is 1. The van der Waals surface area contributed by atoms with Gasteiger partial charge in [-0.25, -0.2) is 9.37 Å². The van der Waals surface area contributed by atoms with Crippen LogP contribution in [0.1, 0.15) is 32.7 Å². The van der Waals surface area contributed by atoms with E-state index in [0.29, 0.717) is 22.2 Å². The summed E-state index contributed by atoms with van der Waals surface area (Å²) in [5.74, 6) is -0.897. The van der Waals surface area contributed by atoms with Crippen LogP contribution in [-0.2, 0) is 6.54 Å². The highest BCUT2D eigenvalue weighted by Crippen LogP contribution is 2.20. The number of rotatable bonds is 4. The van der Waals surface area contributed by atoms with Crippen LogP contribution in [0.15, 0.2) is 70.2 Å². The zero-order valence-electron chi connectivity index (χ0n) is 16.4. The van der Waals surface area contributed by atoms with E-state index in [4.69, 9.17) is 0 Å². The lowest BCUT2D eigenvalue weighted by Gasteiger charge is -2.14. The maximum Gasteiger partial charge on any atom is 0.200 e. The molecule has 0 saturated heterocycles. The molecule has 0 radical (unpaired) electrons. The first kappa shape index (κ1) is 20.2. The lowest BCUT2D eigenvalue weighted by Crippen LogP contribution is -2.21. The Morgan fingerprint density at radius 3 is 2.60 bits per heavy atom. The van der Waals surface area contributed by atoms with Gasteiger partial charge in [0.15, 0.2) is 5.78 Å². The quantitative estimate of drug-likeness (QED) is 0.308. The van der Waals surface area contributed by atoms with Crippen molar-refractivity contribution in [2.75, 3.05) is 0 Å². The van der Waals surface area contributed by atoms with Crippen molar-refractivity contribution in [3.05, 3.63) is 109 Å². The van der Waals surface area contributed by atoms with Gasteiger partial charge in [0.05, 0.1) is 23.3 Å². The lowest BCUT2D eigenvalue weighted by molar-refractivity contribution is 0.103. The number of hydrogen-bond acceptors (Lipinski definition) is 3. The van der Waals surface area contributed by atoms with E-state index in [0.717, 1.165) is 16.8 Å². The molecule has 0 aliphatic rings. The third-order valence-electron chi connectivity index (χ3n) is 5.24. The van der Waals surface area contributed by atoms with Gasteiger partial charge in [0.25, 0.3) is 0 Å². The predicted octanol–water partition coefficient (Wildman–Crippen LogP) is 5.19. The fourth-order valence-electron chi connectivity index (χ4n) is 3.52. The van der Waals surface area contributed by atoms with Crippen LogP contribution in [0.2, 0.25) is 0 Å². The SMILES string of the molecule is Cc1cccc(C(=O)c2cn(Cc3cccc(Br)n3)c3ccc(F)cc3c2=O)c1C. The number of aromatic nitrogens is 2. The molecule has 0 bridgehead atoms. The standard InChI is InChI=1S/C24H18BrFN2O2/c1-14-5-3-7-18(15(14)2)23(29)20-13-28(12-17-6-4-8-22(25)27-17)21-10-9-16(26)11-19(21)24(20)30/h3-11,13H,12H2,1-2H3. The van der Waals surface area contributed by atoms with E-state index in [1.54, 1.807) is 29.0 Å². The van der Waals surface area contributed by atoms with Crippen molar-refractivity contribution in [1.29, 1.82) is 0 Å². The summed E-state index contributed by atoms with van der Waals surface area (Å²) in [7, 11) is 0. The van der Waals surface area contributed by atoms with Crippen LogP contribution >= 0.6 is 15.9 Å². The van der Waals surface area contributed by atoms with Crippen LogP contribution in [-0.4, -0.2) is 15.3 Å². The molecule has 0 saturated carbocycles. The van der Waals surface area contributed by atoms with Crippen LogP contribution in [0, 0.1) is 19.7 Å². The molecule has 0 spiro atoms. The molecule has 150 valence electrons. The minimum absolute atomic E-state index is 0.0109. The maximum absolute atomic E-state index is 13.9. The second kappa shape index (κ2) is 7.95. The minimum atomic E-state index is -0.525. The van der Waals surface area contributed by atoms with Gasteiger partial charge >= 0.3 is 0 Å². The third kappa shape index (κ3) is 3.71. The molecule has 30 heavy (non-hydrogen) atoms. The highest BCUT2D eigenvalue weighted by molar-refractivity contribution is 9.10. The van der Waals surface area contributed by atoms with Crippen molar-refractivity contribution < 1.29 is 9.18 Å². The zero-order valence-corrected chi connectivity index (χ0v) is 18.0. The van der Waals surface area contributed by atoms with E-state index in [1.165, 1.54) is 12.1 Å². The number of pyridine rings is 2. The predicted molar refractivity (Wildman–Crippen MR) is 119 cm³/mol. The summed E-state index contributed by atoms with van der Waals surface area (Å²) < 4.78 is 16.4. The molecular formula is C24H18BrFN2O2. The molecule has 0 aliphatic carbocycles. The van der Waals surface area contributed by atoms with Gasteiger partial charge in [0.2, 0.25) is 5.43 Å². The Bertz CT molecular complexity index is 1360. The van der Waals surface area contributed by atoms with Crippen molar-refractivity contribution >= 4 is 32.6 Å². The number of aryl methyl sites for hydroxylation is 1. The monoisotopic (exact) mass is 464 g/mol. The molecule has 2 aromatic carbocycles. The molecule has 0 N–H and O–H groups in total. The Morgan fingerprint density at radius 2 is 1.83 bits per heavy atom. The van der Waals surface area contributed by atoms with E-state index in [9.17, 15) is 14.0 Å². The molecule has 0 amide bonds. The summed E-state index contributed by atoms with van der Waals surface area (Å²) in [6.45, 7) is 4.10. The molecule has 6 heteroatoms. The highest BCUT2D eigenvalue weighted by atomic mass is 79.9. The number of hydrogen-bond donors (Lipinski definition) is 0. The van der Waals surface area contributed by atoms with Crippen molar-refractivity contribution in [3.8, 4) is 0 Å². The average molecular weight is 465 g/mol. The minimum Gasteiger partial charge on any atom is -0.340 e. The Morgan fingerprint density at radius 1 is 1.07 bits per heavy atom. The fourth-order valence-corrected chi connectivity index (χ4v) is 3.90. The average Bonchev–Trinajstić information content (AvgIpc) is 2.72. The van der Waals surface area contributed by atoms with Gasteiger partial charge in [-0.3, -0.25) is 9.59 Å². The second-order valence-electron chi connectivity index (χ2n) is 7.19. The van der Waals surface area contributed by atoms with Crippen molar-refractivity contribution in [3.63, 3.8) is 0 Å². The summed E-state index contributed by atoms with van der Waals surface area (Å²) in [4.78, 5) is 30.9. The van der Waals surface area contributed by atoms with Crippen LogP contribution in [0.4, 0.5) is 4.39 Å². The first-order chi connectivity index (χ1) is 14.3. The first-order valence-electron chi connectivity index (χ1n) is 9.40. The Balaban J connectivity index is 1.94. The van der Waals surface area contributed by atoms with E-state index in [1.807, 2.05) is 38.1 Å². The molecule has 4 rings (SSSR count). The maximum atomic E-state index is 13.9. The van der Waals surface area contributed by atoms with Crippen LogP contribution in [0.5, 0.6) is 0 Å². The van der Waals surface area contributed by atoms with Crippen LogP contribution in [0.3, 0.4) is 0 Å². The van der Waals surface area contributed by atoms with Gasteiger partial charge < -0.3 is 4.57 Å². The number of benzene rings is 2. The van der Waals surface area contributed by atoms with Gasteiger partial charge in [0.1, 0.15) is 10.4 Å². The molecule has 4 aromatic rings. The van der Waals surface area contributed by atoms with Gasteiger partial charge in [-0.2, -0.15) is 0 Å². The zero-order chi connectivity index (χ0) is 21.4. The molecule has 0 fully saturated rings. The number of nitrogens with zero attached hydrogens (tertiary/aromatic N) is 2. The summed E-state index contributed by atoms with van der Waals surface area (Å²) in [5, 5.41) is 0.168. The van der Waals surface area contributed by atoms with Gasteiger partial charge in [0, 0.05) is 17.1 Å². The Hall–Kier alpha value is -3.12. The fraction of sp³-hybridized carbons (Fsp3) is 0.125. The van der Waals surface area contributed by atoms with Gasteiger partial charge in [-0.15, -0.1) is 0 Å². The Kier molecular flexibility index (Phi) is 5.35. The molecule has 2 heterocycles. The number of carbonyl (C=O) groups excluding carboxylic acids is 1.